The molecular formula is C25H31N5O3. The van der Waals surface area contributed by atoms with Crippen LogP contribution in [0.5, 0.6) is 0 Å². The zero-order chi connectivity index (χ0) is 22.9. The third kappa shape index (κ3) is 6.69. The fourth-order valence-electron chi connectivity index (χ4n) is 4.09. The predicted octanol–water partition coefficient (Wildman–Crippen LogP) is 2.31. The number of carbonyl (C=O) groups excluding carboxylic acids is 2. The van der Waals surface area contributed by atoms with Gasteiger partial charge in [0.05, 0.1) is 19.8 Å². The Hall–Kier alpha value is -3.10. The van der Waals surface area contributed by atoms with Gasteiger partial charge in [0.15, 0.2) is 0 Å². The molecule has 0 saturated carbocycles. The van der Waals surface area contributed by atoms with E-state index in [0.717, 1.165) is 50.4 Å². The van der Waals surface area contributed by atoms with Crippen LogP contribution in [-0.2, 0) is 27.4 Å². The van der Waals surface area contributed by atoms with Gasteiger partial charge < -0.3 is 9.64 Å². The Labute approximate surface area is 194 Å². The van der Waals surface area contributed by atoms with E-state index in [1.54, 1.807) is 12.4 Å². The maximum Gasteiger partial charge on any atom is 0.270 e. The van der Waals surface area contributed by atoms with Crippen LogP contribution in [0.3, 0.4) is 0 Å². The normalized spacial score (nSPS) is 17.0. The lowest BCUT2D eigenvalue weighted by Crippen LogP contribution is -2.43. The minimum absolute atomic E-state index is 0.0524. The van der Waals surface area contributed by atoms with Crippen LogP contribution in [-0.4, -0.2) is 76.7 Å². The van der Waals surface area contributed by atoms with Crippen LogP contribution in [0.25, 0.3) is 0 Å². The Bertz CT molecular complexity index is 945. The molecule has 0 N–H and O–H groups in total. The second-order valence-electron chi connectivity index (χ2n) is 8.37. The summed E-state index contributed by atoms with van der Waals surface area (Å²) in [6.07, 6.45) is 5.03. The number of pyridine rings is 1. The SMILES string of the molecule is O=C(C1=NN(Cc2ccccc2)C(=O)CC1)N(CCCN1CCOCC1)Cc1ccncc1. The highest BCUT2D eigenvalue weighted by atomic mass is 16.5. The number of rotatable bonds is 9. The average molecular weight is 450 g/mol. The summed E-state index contributed by atoms with van der Waals surface area (Å²) in [7, 11) is 0. The molecule has 2 aliphatic heterocycles. The highest BCUT2D eigenvalue weighted by Crippen LogP contribution is 2.16. The summed E-state index contributed by atoms with van der Waals surface area (Å²) in [6.45, 7) is 5.82. The molecule has 4 rings (SSSR count). The molecule has 0 bridgehead atoms. The molecule has 0 unspecified atom stereocenters. The van der Waals surface area contributed by atoms with Crippen LogP contribution in [0.2, 0.25) is 0 Å². The van der Waals surface area contributed by atoms with Crippen LogP contribution >= 0.6 is 0 Å². The molecule has 1 aromatic carbocycles. The highest BCUT2D eigenvalue weighted by Gasteiger charge is 2.28. The summed E-state index contributed by atoms with van der Waals surface area (Å²) in [6, 6.07) is 13.6. The molecule has 33 heavy (non-hydrogen) atoms. The first-order chi connectivity index (χ1) is 16.2. The first-order valence-electron chi connectivity index (χ1n) is 11.6. The standard InChI is InChI=1S/C25H31N5O3/c31-24-8-7-23(27-30(24)20-21-5-2-1-3-6-21)25(32)29(19-22-9-11-26-12-10-22)14-4-13-28-15-17-33-18-16-28/h1-3,5-6,9-12H,4,7-8,13-20H2. The Kier molecular flexibility index (Phi) is 8.16. The number of benzene rings is 1. The van der Waals surface area contributed by atoms with E-state index in [1.807, 2.05) is 47.4 Å². The van der Waals surface area contributed by atoms with Crippen molar-refractivity contribution in [2.75, 3.05) is 39.4 Å². The largest absolute Gasteiger partial charge is 0.379 e. The van der Waals surface area contributed by atoms with Crippen molar-refractivity contribution >= 4 is 17.5 Å². The second kappa shape index (κ2) is 11.7. The molecule has 0 radical (unpaired) electrons. The molecule has 0 spiro atoms. The van der Waals surface area contributed by atoms with E-state index < -0.39 is 0 Å². The molecule has 174 valence electrons. The molecule has 8 heteroatoms. The monoisotopic (exact) mass is 449 g/mol. The number of amides is 2. The van der Waals surface area contributed by atoms with Gasteiger partial charge in [-0.05, 0) is 29.7 Å². The lowest BCUT2D eigenvalue weighted by molar-refractivity contribution is -0.132. The van der Waals surface area contributed by atoms with Crippen molar-refractivity contribution in [1.29, 1.82) is 0 Å². The quantitative estimate of drug-likeness (QED) is 0.587. The van der Waals surface area contributed by atoms with Crippen LogP contribution < -0.4 is 0 Å². The van der Waals surface area contributed by atoms with E-state index in [1.165, 1.54) is 5.01 Å². The fourth-order valence-corrected chi connectivity index (χ4v) is 4.09. The Morgan fingerprint density at radius 3 is 2.52 bits per heavy atom. The van der Waals surface area contributed by atoms with Gasteiger partial charge in [-0.1, -0.05) is 30.3 Å². The summed E-state index contributed by atoms with van der Waals surface area (Å²) in [5.74, 6) is -0.150. The topological polar surface area (TPSA) is 78.3 Å². The van der Waals surface area contributed by atoms with Crippen molar-refractivity contribution in [2.45, 2.75) is 32.4 Å². The van der Waals surface area contributed by atoms with Crippen molar-refractivity contribution in [3.63, 3.8) is 0 Å². The van der Waals surface area contributed by atoms with Crippen LogP contribution in [0.15, 0.2) is 60.0 Å². The fraction of sp³-hybridized carbons (Fsp3) is 0.440. The van der Waals surface area contributed by atoms with E-state index in [9.17, 15) is 9.59 Å². The molecule has 0 aliphatic carbocycles. The number of aromatic nitrogens is 1. The molecule has 1 saturated heterocycles. The van der Waals surface area contributed by atoms with Crippen LogP contribution in [0, 0.1) is 0 Å². The summed E-state index contributed by atoms with van der Waals surface area (Å²) in [5.41, 5.74) is 2.46. The predicted molar refractivity (Wildman–Crippen MR) is 125 cm³/mol. The van der Waals surface area contributed by atoms with Gasteiger partial charge in [0, 0.05) is 58.0 Å². The zero-order valence-corrected chi connectivity index (χ0v) is 18.9. The maximum atomic E-state index is 13.5. The van der Waals surface area contributed by atoms with Crippen LogP contribution in [0.4, 0.5) is 0 Å². The summed E-state index contributed by atoms with van der Waals surface area (Å²) < 4.78 is 5.42. The third-order valence-electron chi connectivity index (χ3n) is 5.94. The number of hydrogen-bond acceptors (Lipinski definition) is 6. The van der Waals surface area contributed by atoms with E-state index in [0.29, 0.717) is 38.2 Å². The number of hydrazone groups is 1. The minimum atomic E-state index is -0.0978. The van der Waals surface area contributed by atoms with Gasteiger partial charge in [0.2, 0.25) is 5.91 Å². The first kappa shape index (κ1) is 23.1. The number of nitrogens with zero attached hydrogens (tertiary/aromatic N) is 5. The molecule has 2 aromatic rings. The number of carbonyl (C=O) groups is 2. The average Bonchev–Trinajstić information content (AvgIpc) is 2.86. The highest BCUT2D eigenvalue weighted by molar-refractivity contribution is 6.39. The van der Waals surface area contributed by atoms with Crippen molar-refractivity contribution in [3.8, 4) is 0 Å². The van der Waals surface area contributed by atoms with Gasteiger partial charge >= 0.3 is 0 Å². The number of morpholine rings is 1. The molecule has 2 aliphatic rings. The summed E-state index contributed by atoms with van der Waals surface area (Å²) in [4.78, 5) is 34.2. The lowest BCUT2D eigenvalue weighted by atomic mass is 10.1. The van der Waals surface area contributed by atoms with Crippen molar-refractivity contribution in [3.05, 3.63) is 66.0 Å². The summed E-state index contributed by atoms with van der Waals surface area (Å²) >= 11 is 0. The Morgan fingerprint density at radius 1 is 1.00 bits per heavy atom. The molecule has 2 amide bonds. The van der Waals surface area contributed by atoms with Gasteiger partial charge in [-0.2, -0.15) is 5.10 Å². The molecule has 8 nitrogen and oxygen atoms in total. The number of ether oxygens (including phenoxy) is 1. The molecular weight excluding hydrogens is 418 g/mol. The molecule has 1 aromatic heterocycles. The van der Waals surface area contributed by atoms with E-state index in [-0.39, 0.29) is 11.8 Å². The van der Waals surface area contributed by atoms with Gasteiger partial charge in [-0.3, -0.25) is 19.5 Å². The maximum absolute atomic E-state index is 13.5. The minimum Gasteiger partial charge on any atom is -0.379 e. The zero-order valence-electron chi connectivity index (χ0n) is 18.9. The van der Waals surface area contributed by atoms with Crippen molar-refractivity contribution in [1.82, 2.24) is 19.8 Å². The number of hydrogen-bond donors (Lipinski definition) is 0. The van der Waals surface area contributed by atoms with Gasteiger partial charge in [-0.15, -0.1) is 0 Å². The van der Waals surface area contributed by atoms with Crippen LogP contribution in [0.1, 0.15) is 30.4 Å². The molecule has 1 fully saturated rings. The summed E-state index contributed by atoms with van der Waals surface area (Å²) in [5, 5.41) is 5.92. The van der Waals surface area contributed by atoms with Crippen molar-refractivity contribution < 1.29 is 14.3 Å². The third-order valence-corrected chi connectivity index (χ3v) is 5.94. The van der Waals surface area contributed by atoms with Gasteiger partial charge in [0.1, 0.15) is 5.71 Å². The lowest BCUT2D eigenvalue weighted by Gasteiger charge is -2.30. The van der Waals surface area contributed by atoms with Gasteiger partial charge in [0.25, 0.3) is 5.91 Å². The first-order valence-corrected chi connectivity index (χ1v) is 11.6. The Balaban J connectivity index is 1.45. The Morgan fingerprint density at radius 2 is 1.76 bits per heavy atom. The van der Waals surface area contributed by atoms with E-state index in [4.69, 9.17) is 4.74 Å². The van der Waals surface area contributed by atoms with Crippen molar-refractivity contribution in [2.24, 2.45) is 5.10 Å². The van der Waals surface area contributed by atoms with E-state index in [2.05, 4.69) is 15.0 Å². The van der Waals surface area contributed by atoms with Gasteiger partial charge in [-0.25, -0.2) is 5.01 Å². The van der Waals surface area contributed by atoms with E-state index >= 15 is 0 Å². The smallest absolute Gasteiger partial charge is 0.270 e. The second-order valence-corrected chi connectivity index (χ2v) is 8.37. The molecule has 3 heterocycles. The molecule has 0 atom stereocenters.